The molecule has 0 rings (SSSR count). The van der Waals surface area contributed by atoms with Crippen molar-refractivity contribution in [1.29, 1.82) is 0 Å². The predicted molar refractivity (Wildman–Crippen MR) is 334 cm³/mol. The van der Waals surface area contributed by atoms with Crippen molar-refractivity contribution in [3.05, 3.63) is 85.1 Å². The molecule has 0 bridgehead atoms. The minimum Gasteiger partial charge on any atom is -0.462 e. The second-order valence-corrected chi connectivity index (χ2v) is 22.0. The fourth-order valence-corrected chi connectivity index (χ4v) is 9.44. The third-order valence-electron chi connectivity index (χ3n) is 14.4. The number of carbonyl (C=O) groups is 3. The van der Waals surface area contributed by atoms with Gasteiger partial charge in [0, 0.05) is 19.3 Å². The van der Waals surface area contributed by atoms with Gasteiger partial charge in [-0.1, -0.05) is 298 Å². The fourth-order valence-electron chi connectivity index (χ4n) is 9.44. The zero-order valence-corrected chi connectivity index (χ0v) is 51.0. The van der Waals surface area contributed by atoms with E-state index in [-0.39, 0.29) is 31.1 Å². The summed E-state index contributed by atoms with van der Waals surface area (Å²) < 4.78 is 16.9. The fraction of sp³-hybridized carbons (Fsp3) is 0.761. The highest BCUT2D eigenvalue weighted by atomic mass is 16.6. The first kappa shape index (κ1) is 73.6. The third kappa shape index (κ3) is 63.3. The van der Waals surface area contributed by atoms with Gasteiger partial charge in [0.15, 0.2) is 6.10 Å². The van der Waals surface area contributed by atoms with Crippen molar-refractivity contribution in [1.82, 2.24) is 0 Å². The summed E-state index contributed by atoms with van der Waals surface area (Å²) in [5.41, 5.74) is 0. The molecule has 0 N–H and O–H groups in total. The van der Waals surface area contributed by atoms with Crippen molar-refractivity contribution < 1.29 is 28.6 Å². The van der Waals surface area contributed by atoms with Crippen LogP contribution in [0.4, 0.5) is 0 Å². The van der Waals surface area contributed by atoms with Crippen LogP contribution >= 0.6 is 0 Å². The Hall–Kier alpha value is -3.41. The smallest absolute Gasteiger partial charge is 0.306 e. The summed E-state index contributed by atoms with van der Waals surface area (Å²) in [4.78, 5) is 38.3. The number of carbonyl (C=O) groups excluding carboxylic acids is 3. The van der Waals surface area contributed by atoms with Crippen molar-refractivity contribution in [2.75, 3.05) is 13.2 Å². The van der Waals surface area contributed by atoms with E-state index in [0.29, 0.717) is 19.3 Å². The Morgan fingerprint density at radius 3 is 0.818 bits per heavy atom. The number of allylic oxidation sites excluding steroid dienone is 14. The molecule has 0 spiro atoms. The summed E-state index contributed by atoms with van der Waals surface area (Å²) in [6, 6.07) is 0. The van der Waals surface area contributed by atoms with Crippen LogP contribution in [0.3, 0.4) is 0 Å². The average molecular weight is 1070 g/mol. The molecule has 77 heavy (non-hydrogen) atoms. The Bertz CT molecular complexity index is 1470. The first-order chi connectivity index (χ1) is 38.0. The van der Waals surface area contributed by atoms with Crippen LogP contribution in [-0.2, 0) is 28.6 Å². The standard InChI is InChI=1S/C71H124O6/c1-4-7-10-13-16-19-22-25-27-29-31-32-33-34-35-36-37-38-40-41-43-46-49-52-55-58-61-64-70(73)76-67-68(66-75-69(72)63-60-57-54-51-48-45-24-21-18-15-12-9-6-3)77-71(74)65-62-59-56-53-50-47-44-42-39-30-28-26-23-20-17-14-11-8-5-2/h7,10,16,19,21,24-25,27,31-32,34-35,37-38,68H,4-6,8-9,11-15,17-18,20,22-23,26,28-30,33,36,39-67H2,1-3H3/b10-7-,19-16-,24-21-,27-25-,32-31-,35-34-,38-37-. The van der Waals surface area contributed by atoms with E-state index in [1.54, 1.807) is 0 Å². The molecule has 444 valence electrons. The molecule has 0 saturated heterocycles. The zero-order chi connectivity index (χ0) is 55.7. The molecule has 0 fully saturated rings. The van der Waals surface area contributed by atoms with Crippen molar-refractivity contribution in [3.8, 4) is 0 Å². The van der Waals surface area contributed by atoms with Crippen LogP contribution < -0.4 is 0 Å². The van der Waals surface area contributed by atoms with Gasteiger partial charge in [0.25, 0.3) is 0 Å². The lowest BCUT2D eigenvalue weighted by atomic mass is 10.0. The lowest BCUT2D eigenvalue weighted by Crippen LogP contribution is -2.30. The van der Waals surface area contributed by atoms with Crippen molar-refractivity contribution in [2.24, 2.45) is 0 Å². The maximum atomic E-state index is 12.9. The molecule has 0 radical (unpaired) electrons. The van der Waals surface area contributed by atoms with Crippen LogP contribution in [0.1, 0.15) is 329 Å². The average Bonchev–Trinajstić information content (AvgIpc) is 3.43. The predicted octanol–water partition coefficient (Wildman–Crippen LogP) is 22.7. The third-order valence-corrected chi connectivity index (χ3v) is 14.4. The first-order valence-electron chi connectivity index (χ1n) is 33.1. The van der Waals surface area contributed by atoms with E-state index in [2.05, 4.69) is 106 Å². The van der Waals surface area contributed by atoms with E-state index in [4.69, 9.17) is 14.2 Å². The Balaban J connectivity index is 4.31. The first-order valence-corrected chi connectivity index (χ1v) is 33.1. The van der Waals surface area contributed by atoms with Crippen LogP contribution in [0.2, 0.25) is 0 Å². The van der Waals surface area contributed by atoms with Gasteiger partial charge in [-0.15, -0.1) is 0 Å². The molecule has 0 aromatic carbocycles. The Kier molecular flexibility index (Phi) is 62.2. The van der Waals surface area contributed by atoms with Crippen molar-refractivity contribution >= 4 is 17.9 Å². The highest BCUT2D eigenvalue weighted by Crippen LogP contribution is 2.17. The summed E-state index contributed by atoms with van der Waals surface area (Å²) in [6.45, 7) is 6.54. The minimum atomic E-state index is -0.783. The van der Waals surface area contributed by atoms with Gasteiger partial charge in [-0.05, 0) is 96.3 Å². The van der Waals surface area contributed by atoms with Crippen molar-refractivity contribution in [2.45, 2.75) is 335 Å². The maximum absolute atomic E-state index is 12.9. The highest BCUT2D eigenvalue weighted by molar-refractivity contribution is 5.71. The molecular weight excluding hydrogens is 949 g/mol. The van der Waals surface area contributed by atoms with Crippen LogP contribution in [0.25, 0.3) is 0 Å². The minimum absolute atomic E-state index is 0.0801. The number of hydrogen-bond acceptors (Lipinski definition) is 6. The molecule has 0 aliphatic heterocycles. The summed E-state index contributed by atoms with van der Waals surface area (Å²) in [5.74, 6) is -0.880. The van der Waals surface area contributed by atoms with Crippen LogP contribution in [-0.4, -0.2) is 37.2 Å². The Labute approximate surface area is 477 Å². The van der Waals surface area contributed by atoms with E-state index < -0.39 is 6.10 Å². The second kappa shape index (κ2) is 65.1. The number of esters is 3. The molecule has 0 amide bonds. The molecule has 6 nitrogen and oxygen atoms in total. The zero-order valence-electron chi connectivity index (χ0n) is 51.0. The van der Waals surface area contributed by atoms with E-state index in [9.17, 15) is 14.4 Å². The van der Waals surface area contributed by atoms with Gasteiger partial charge in [-0.3, -0.25) is 14.4 Å². The van der Waals surface area contributed by atoms with Gasteiger partial charge in [-0.25, -0.2) is 0 Å². The summed E-state index contributed by atoms with van der Waals surface area (Å²) in [6.07, 6.45) is 85.9. The largest absolute Gasteiger partial charge is 0.462 e. The topological polar surface area (TPSA) is 78.9 Å². The van der Waals surface area contributed by atoms with Crippen LogP contribution in [0, 0.1) is 0 Å². The molecule has 0 aliphatic rings. The van der Waals surface area contributed by atoms with Gasteiger partial charge in [-0.2, -0.15) is 0 Å². The molecule has 1 unspecified atom stereocenters. The van der Waals surface area contributed by atoms with Gasteiger partial charge in [0.2, 0.25) is 0 Å². The Morgan fingerprint density at radius 2 is 0.506 bits per heavy atom. The molecule has 0 saturated carbocycles. The second-order valence-electron chi connectivity index (χ2n) is 22.0. The van der Waals surface area contributed by atoms with Crippen LogP contribution in [0.15, 0.2) is 85.1 Å². The quantitative estimate of drug-likeness (QED) is 0.0261. The highest BCUT2D eigenvalue weighted by Gasteiger charge is 2.19. The van der Waals surface area contributed by atoms with Gasteiger partial charge < -0.3 is 14.2 Å². The maximum Gasteiger partial charge on any atom is 0.306 e. The van der Waals surface area contributed by atoms with Gasteiger partial charge in [0.05, 0.1) is 0 Å². The SMILES string of the molecule is CC/C=C\C/C=C\C/C=C\C/C=C\C/C=C\C/C=C\CCCCCCCCCCC(=O)OCC(COC(=O)CCCCCCC/C=C\CCCCCC)OC(=O)CCCCCCCCCCCCCCCCCCCCC. The van der Waals surface area contributed by atoms with Crippen molar-refractivity contribution in [3.63, 3.8) is 0 Å². The molecule has 0 aromatic heterocycles. The van der Waals surface area contributed by atoms with E-state index in [1.165, 1.54) is 180 Å². The molecule has 6 heteroatoms. The molecule has 0 aliphatic carbocycles. The number of ether oxygens (including phenoxy) is 3. The summed E-state index contributed by atoms with van der Waals surface area (Å²) in [7, 11) is 0. The van der Waals surface area contributed by atoms with Gasteiger partial charge in [0.1, 0.15) is 13.2 Å². The number of unbranched alkanes of at least 4 members (excludes halogenated alkanes) is 35. The van der Waals surface area contributed by atoms with Crippen LogP contribution in [0.5, 0.6) is 0 Å². The van der Waals surface area contributed by atoms with E-state index in [0.717, 1.165) is 109 Å². The van der Waals surface area contributed by atoms with E-state index >= 15 is 0 Å². The van der Waals surface area contributed by atoms with Gasteiger partial charge >= 0.3 is 17.9 Å². The monoisotopic (exact) mass is 1070 g/mol. The molecular formula is C71H124O6. The summed E-state index contributed by atoms with van der Waals surface area (Å²) >= 11 is 0. The lowest BCUT2D eigenvalue weighted by molar-refractivity contribution is -0.167. The number of rotatable bonds is 60. The Morgan fingerprint density at radius 1 is 0.273 bits per heavy atom. The normalized spacial score (nSPS) is 12.6. The summed E-state index contributed by atoms with van der Waals surface area (Å²) in [5, 5.41) is 0. The van der Waals surface area contributed by atoms with E-state index in [1.807, 2.05) is 0 Å². The molecule has 1 atom stereocenters. The lowest BCUT2D eigenvalue weighted by Gasteiger charge is -2.18. The molecule has 0 heterocycles. The molecule has 0 aromatic rings. The number of hydrogen-bond donors (Lipinski definition) is 0.